The second kappa shape index (κ2) is 10.0. The Kier molecular flexibility index (Phi) is 10.3. The van der Waals surface area contributed by atoms with Crippen LogP contribution in [0.4, 0.5) is 0 Å². The molecule has 0 heterocycles. The Labute approximate surface area is 165 Å². The van der Waals surface area contributed by atoms with E-state index in [4.69, 9.17) is 25.3 Å². The van der Waals surface area contributed by atoms with Crippen LogP contribution in [0.15, 0.2) is 0 Å². The fourth-order valence-corrected chi connectivity index (χ4v) is 23.2. The Balaban J connectivity index is 5.24. The summed E-state index contributed by atoms with van der Waals surface area (Å²) in [5.74, 6) is 0. The summed E-state index contributed by atoms with van der Waals surface area (Å²) in [6, 6.07) is 1.03. The first-order valence-electron chi connectivity index (χ1n) is 9.32. The largest absolute Gasteiger partial charge is 0.487 e. The van der Waals surface area contributed by atoms with E-state index in [1.54, 1.807) is 13.1 Å². The zero-order valence-electron chi connectivity index (χ0n) is 18.5. The summed E-state index contributed by atoms with van der Waals surface area (Å²) in [5, 5.41) is 0. The van der Waals surface area contributed by atoms with E-state index in [9.17, 15) is 4.80 Å². The second-order valence-electron chi connectivity index (χ2n) is 7.95. The fraction of sp³-hybridized carbons (Fsp3) is 1.00. The Bertz CT molecular complexity index is 434. The van der Waals surface area contributed by atoms with E-state index in [1.807, 2.05) is 26.9 Å². The summed E-state index contributed by atoms with van der Waals surface area (Å²) in [6.07, 6.45) is 0. The molecule has 0 aromatic heterocycles. The highest BCUT2D eigenvalue weighted by Gasteiger charge is 2.51. The van der Waals surface area contributed by atoms with Crippen LogP contribution >= 0.6 is 0 Å². The van der Waals surface area contributed by atoms with Crippen LogP contribution in [-0.4, -0.2) is 61.1 Å². The molecule has 0 aliphatic carbocycles. The van der Waals surface area contributed by atoms with E-state index in [2.05, 4.69) is 33.1 Å². The van der Waals surface area contributed by atoms with E-state index >= 15 is 0 Å². The summed E-state index contributed by atoms with van der Waals surface area (Å²) in [7, 11) is -13.2. The lowest BCUT2D eigenvalue weighted by molar-refractivity contribution is 0.100. The standard InChI is InChI=1S/C14H40O7Si5/c1-12-16-25(10,15)21-26(11,17-13-2)20-24(8,9)19-23(6,7)18-22(4,5)14-3/h15H,12-14H2,1-11H3. The van der Waals surface area contributed by atoms with Gasteiger partial charge in [-0.3, -0.25) is 0 Å². The first-order valence-corrected chi connectivity index (χ1v) is 22.6. The molecule has 0 amide bonds. The maximum Gasteiger partial charge on any atom is 0.487 e. The Morgan fingerprint density at radius 2 is 1.08 bits per heavy atom. The molecule has 2 atom stereocenters. The van der Waals surface area contributed by atoms with Crippen LogP contribution in [0.25, 0.3) is 0 Å². The molecule has 158 valence electrons. The summed E-state index contributed by atoms with van der Waals surface area (Å²) >= 11 is 0. The molecule has 0 saturated carbocycles. The molecule has 0 aliphatic heterocycles. The molecule has 0 fully saturated rings. The third kappa shape index (κ3) is 11.0. The summed E-state index contributed by atoms with van der Waals surface area (Å²) in [6.45, 7) is 22.5. The minimum atomic E-state index is -3.31. The lowest BCUT2D eigenvalue weighted by Crippen LogP contribution is -2.61. The van der Waals surface area contributed by atoms with Crippen molar-refractivity contribution in [3.05, 3.63) is 0 Å². The highest BCUT2D eigenvalue weighted by molar-refractivity contribution is 6.88. The van der Waals surface area contributed by atoms with Gasteiger partial charge in [-0.25, -0.2) is 0 Å². The van der Waals surface area contributed by atoms with Gasteiger partial charge in [-0.05, 0) is 59.2 Å². The highest BCUT2D eigenvalue weighted by atomic mass is 28.5. The van der Waals surface area contributed by atoms with Gasteiger partial charge < -0.3 is 30.1 Å². The lowest BCUT2D eigenvalue weighted by atomic mass is 10.9. The third-order valence-electron chi connectivity index (χ3n) is 3.49. The van der Waals surface area contributed by atoms with Gasteiger partial charge in [0, 0.05) is 26.3 Å². The molecule has 1 N–H and O–H groups in total. The van der Waals surface area contributed by atoms with Crippen LogP contribution in [0.2, 0.25) is 58.4 Å². The van der Waals surface area contributed by atoms with Crippen LogP contribution in [0, 0.1) is 0 Å². The molecule has 0 spiro atoms. The van der Waals surface area contributed by atoms with Gasteiger partial charge in [0.2, 0.25) is 0 Å². The van der Waals surface area contributed by atoms with Crippen LogP contribution in [0.1, 0.15) is 20.8 Å². The number of hydrogen-bond donors (Lipinski definition) is 1. The SMILES string of the molecule is CCO[Si](C)(O)O[Si](C)(OCC)O[Si](C)(C)O[Si](C)(C)O[Si](C)(C)CC. The molecule has 12 heteroatoms. The van der Waals surface area contributed by atoms with Gasteiger partial charge in [0.15, 0.2) is 8.32 Å². The summed E-state index contributed by atoms with van der Waals surface area (Å²) in [5.41, 5.74) is 0. The van der Waals surface area contributed by atoms with Crippen LogP contribution in [0.5, 0.6) is 0 Å². The third-order valence-corrected chi connectivity index (χ3v) is 21.4. The zero-order valence-corrected chi connectivity index (χ0v) is 23.5. The normalized spacial score (nSPS) is 18.5. The van der Waals surface area contributed by atoms with Crippen molar-refractivity contribution in [3.8, 4) is 0 Å². The Hall–Kier alpha value is 0.804. The Morgan fingerprint density at radius 1 is 0.615 bits per heavy atom. The quantitative estimate of drug-likeness (QED) is 0.418. The molecule has 0 bridgehead atoms. The van der Waals surface area contributed by atoms with Gasteiger partial charge in [-0.15, -0.1) is 0 Å². The monoisotopic (exact) mass is 460 g/mol. The molecular weight excluding hydrogens is 421 g/mol. The average molecular weight is 461 g/mol. The zero-order chi connectivity index (χ0) is 20.9. The van der Waals surface area contributed by atoms with Crippen LogP contribution in [-0.2, 0) is 25.3 Å². The van der Waals surface area contributed by atoms with E-state index in [0.717, 1.165) is 6.04 Å². The fourth-order valence-electron chi connectivity index (χ4n) is 2.80. The first kappa shape index (κ1) is 26.8. The average Bonchev–Trinajstić information content (AvgIpc) is 2.33. The van der Waals surface area contributed by atoms with Gasteiger partial charge in [-0.2, -0.15) is 0 Å². The molecule has 0 rings (SSSR count). The molecular formula is C14H40O7Si5. The van der Waals surface area contributed by atoms with Crippen molar-refractivity contribution >= 4 is 43.0 Å². The maximum atomic E-state index is 10.4. The molecule has 0 aromatic rings. The molecule has 0 aromatic carbocycles. The van der Waals surface area contributed by atoms with Gasteiger partial charge >= 0.3 is 34.7 Å². The number of rotatable bonds is 13. The van der Waals surface area contributed by atoms with Gasteiger partial charge in [0.05, 0.1) is 0 Å². The first-order chi connectivity index (χ1) is 11.5. The van der Waals surface area contributed by atoms with Crippen molar-refractivity contribution in [2.24, 2.45) is 0 Å². The minimum absolute atomic E-state index is 0.373. The predicted octanol–water partition coefficient (Wildman–Crippen LogP) is 3.88. The van der Waals surface area contributed by atoms with Crippen molar-refractivity contribution < 1.29 is 30.1 Å². The minimum Gasteiger partial charge on any atom is -0.436 e. The van der Waals surface area contributed by atoms with E-state index in [-0.39, 0.29) is 0 Å². The van der Waals surface area contributed by atoms with E-state index in [0.29, 0.717) is 13.2 Å². The molecule has 7 nitrogen and oxygen atoms in total. The molecule has 0 aliphatic rings. The van der Waals surface area contributed by atoms with Crippen LogP contribution in [0.3, 0.4) is 0 Å². The van der Waals surface area contributed by atoms with Crippen molar-refractivity contribution in [1.29, 1.82) is 0 Å². The predicted molar refractivity (Wildman–Crippen MR) is 116 cm³/mol. The van der Waals surface area contributed by atoms with E-state index < -0.39 is 43.0 Å². The van der Waals surface area contributed by atoms with Gasteiger partial charge in [0.25, 0.3) is 0 Å². The maximum absolute atomic E-state index is 10.4. The molecule has 2 unspecified atom stereocenters. The molecule has 26 heavy (non-hydrogen) atoms. The van der Waals surface area contributed by atoms with Crippen molar-refractivity contribution in [2.45, 2.75) is 79.2 Å². The number of hydrogen-bond acceptors (Lipinski definition) is 7. The smallest absolute Gasteiger partial charge is 0.436 e. The summed E-state index contributed by atoms with van der Waals surface area (Å²) in [4.78, 5) is 10.4. The van der Waals surface area contributed by atoms with Crippen molar-refractivity contribution in [2.75, 3.05) is 13.2 Å². The Morgan fingerprint density at radius 3 is 1.50 bits per heavy atom. The lowest BCUT2D eigenvalue weighted by Gasteiger charge is -2.41. The highest BCUT2D eigenvalue weighted by Crippen LogP contribution is 2.27. The topological polar surface area (TPSA) is 75.6 Å². The van der Waals surface area contributed by atoms with E-state index in [1.165, 1.54) is 0 Å². The van der Waals surface area contributed by atoms with Crippen molar-refractivity contribution in [1.82, 2.24) is 0 Å². The second-order valence-corrected chi connectivity index (χ2v) is 25.1. The van der Waals surface area contributed by atoms with Crippen LogP contribution < -0.4 is 0 Å². The summed E-state index contributed by atoms with van der Waals surface area (Å²) < 4.78 is 36.2. The van der Waals surface area contributed by atoms with Gasteiger partial charge in [0.1, 0.15) is 0 Å². The van der Waals surface area contributed by atoms with Gasteiger partial charge in [-0.1, -0.05) is 6.92 Å². The molecule has 0 radical (unpaired) electrons. The molecule has 0 saturated heterocycles. The van der Waals surface area contributed by atoms with Crippen molar-refractivity contribution in [3.63, 3.8) is 0 Å².